The maximum absolute atomic E-state index is 11.9. The van der Waals surface area contributed by atoms with Crippen molar-refractivity contribution in [1.82, 2.24) is 24.8 Å². The number of aliphatic hydroxyl groups is 2. The Kier molecular flexibility index (Phi) is 4.68. The summed E-state index contributed by atoms with van der Waals surface area (Å²) >= 11 is 7.24. The molecule has 11 heteroatoms. The SMILES string of the molecule is CNC(=O)[C@H]1S[C@@H](n2cnc3c(NC4CCC4)nc(Cl)nc32)C(O)C1O. The van der Waals surface area contributed by atoms with Crippen LogP contribution in [0.5, 0.6) is 0 Å². The lowest BCUT2D eigenvalue weighted by Crippen LogP contribution is -2.39. The highest BCUT2D eigenvalue weighted by Gasteiger charge is 2.47. The number of hydrogen-bond acceptors (Lipinski definition) is 8. The fourth-order valence-electron chi connectivity index (χ4n) is 3.17. The zero-order valence-electron chi connectivity index (χ0n) is 14.0. The Labute approximate surface area is 158 Å². The van der Waals surface area contributed by atoms with Gasteiger partial charge < -0.3 is 20.8 Å². The normalized spacial score (nSPS) is 28.9. The summed E-state index contributed by atoms with van der Waals surface area (Å²) in [5.41, 5.74) is 1.00. The molecule has 1 saturated heterocycles. The lowest BCUT2D eigenvalue weighted by atomic mass is 9.93. The summed E-state index contributed by atoms with van der Waals surface area (Å²) in [7, 11) is 1.49. The van der Waals surface area contributed by atoms with Crippen molar-refractivity contribution in [1.29, 1.82) is 0 Å². The lowest BCUT2D eigenvalue weighted by Gasteiger charge is -2.26. The van der Waals surface area contributed by atoms with Crippen LogP contribution in [-0.2, 0) is 4.79 Å². The number of amides is 1. The lowest BCUT2D eigenvalue weighted by molar-refractivity contribution is -0.122. The molecule has 4 atom stereocenters. The molecule has 1 aliphatic heterocycles. The van der Waals surface area contributed by atoms with E-state index in [9.17, 15) is 15.0 Å². The zero-order chi connectivity index (χ0) is 18.4. The summed E-state index contributed by atoms with van der Waals surface area (Å²) in [6.45, 7) is 0. The van der Waals surface area contributed by atoms with E-state index in [0.29, 0.717) is 23.0 Å². The molecule has 1 saturated carbocycles. The molecule has 0 bridgehead atoms. The van der Waals surface area contributed by atoms with Gasteiger partial charge in [-0.1, -0.05) is 0 Å². The number of hydrogen-bond donors (Lipinski definition) is 4. The number of fused-ring (bicyclic) bond motifs is 1. The predicted octanol–water partition coefficient (Wildman–Crippen LogP) is 0.526. The molecule has 1 amide bonds. The molecule has 0 spiro atoms. The molecule has 2 unspecified atom stereocenters. The van der Waals surface area contributed by atoms with Gasteiger partial charge in [-0.25, -0.2) is 4.98 Å². The fraction of sp³-hybridized carbons (Fsp3) is 0.600. The number of aliphatic hydroxyl groups excluding tert-OH is 2. The van der Waals surface area contributed by atoms with Gasteiger partial charge in [0.2, 0.25) is 11.2 Å². The topological polar surface area (TPSA) is 125 Å². The van der Waals surface area contributed by atoms with Gasteiger partial charge in [0.15, 0.2) is 17.0 Å². The maximum atomic E-state index is 11.9. The number of halogens is 1. The summed E-state index contributed by atoms with van der Waals surface area (Å²) in [5.74, 6) is 0.220. The van der Waals surface area contributed by atoms with E-state index in [4.69, 9.17) is 11.6 Å². The van der Waals surface area contributed by atoms with Crippen molar-refractivity contribution < 1.29 is 15.0 Å². The molecule has 0 radical (unpaired) electrons. The van der Waals surface area contributed by atoms with Crippen molar-refractivity contribution in [2.45, 2.75) is 48.1 Å². The summed E-state index contributed by atoms with van der Waals surface area (Å²) < 4.78 is 1.64. The Morgan fingerprint density at radius 2 is 2.12 bits per heavy atom. The van der Waals surface area contributed by atoms with Gasteiger partial charge in [0.25, 0.3) is 0 Å². The first-order valence-corrected chi connectivity index (χ1v) is 9.71. The molecule has 2 fully saturated rings. The molecule has 2 aliphatic rings. The predicted molar refractivity (Wildman–Crippen MR) is 98.1 cm³/mol. The average molecular weight is 399 g/mol. The van der Waals surface area contributed by atoms with Gasteiger partial charge in [0.05, 0.1) is 6.33 Å². The Hall–Kier alpha value is -1.62. The van der Waals surface area contributed by atoms with Crippen LogP contribution in [-0.4, -0.2) is 66.2 Å². The molecule has 3 heterocycles. The van der Waals surface area contributed by atoms with Crippen LogP contribution in [0.1, 0.15) is 24.6 Å². The first kappa shape index (κ1) is 17.8. The number of carbonyl (C=O) groups is 1. The number of carbonyl (C=O) groups excluding carboxylic acids is 1. The van der Waals surface area contributed by atoms with Crippen molar-refractivity contribution in [3.05, 3.63) is 11.6 Å². The van der Waals surface area contributed by atoms with Gasteiger partial charge in [-0.15, -0.1) is 11.8 Å². The quantitative estimate of drug-likeness (QED) is 0.549. The first-order chi connectivity index (χ1) is 12.5. The zero-order valence-corrected chi connectivity index (χ0v) is 15.5. The van der Waals surface area contributed by atoms with E-state index >= 15 is 0 Å². The number of imidazole rings is 1. The highest BCUT2D eigenvalue weighted by Crippen LogP contribution is 2.43. The van der Waals surface area contributed by atoms with Crippen LogP contribution in [0.15, 0.2) is 6.33 Å². The summed E-state index contributed by atoms with van der Waals surface area (Å²) in [6, 6.07) is 0.347. The summed E-state index contributed by atoms with van der Waals surface area (Å²) in [6.07, 6.45) is 2.52. The number of nitrogens with zero attached hydrogens (tertiary/aromatic N) is 4. The van der Waals surface area contributed by atoms with Crippen molar-refractivity contribution in [3.63, 3.8) is 0 Å². The molecule has 140 valence electrons. The highest BCUT2D eigenvalue weighted by atomic mass is 35.5. The van der Waals surface area contributed by atoms with Crippen LogP contribution < -0.4 is 10.6 Å². The maximum Gasteiger partial charge on any atom is 0.235 e. The minimum Gasteiger partial charge on any atom is -0.389 e. The van der Waals surface area contributed by atoms with Crippen molar-refractivity contribution in [2.75, 3.05) is 12.4 Å². The van der Waals surface area contributed by atoms with Crippen LogP contribution in [0.2, 0.25) is 5.28 Å². The molecule has 0 aromatic carbocycles. The largest absolute Gasteiger partial charge is 0.389 e. The van der Waals surface area contributed by atoms with E-state index in [-0.39, 0.29) is 11.2 Å². The molecule has 26 heavy (non-hydrogen) atoms. The molecule has 4 N–H and O–H groups in total. The minimum absolute atomic E-state index is 0.0713. The van der Waals surface area contributed by atoms with Crippen molar-refractivity contribution in [2.24, 2.45) is 0 Å². The highest BCUT2D eigenvalue weighted by molar-refractivity contribution is 8.01. The Morgan fingerprint density at radius 3 is 2.77 bits per heavy atom. The molecule has 9 nitrogen and oxygen atoms in total. The number of anilines is 1. The third-order valence-electron chi connectivity index (χ3n) is 4.86. The van der Waals surface area contributed by atoms with Crippen LogP contribution in [0.4, 0.5) is 5.82 Å². The van der Waals surface area contributed by atoms with E-state index in [0.717, 1.165) is 24.6 Å². The molecule has 1 aliphatic carbocycles. The van der Waals surface area contributed by atoms with Crippen LogP contribution in [0.3, 0.4) is 0 Å². The fourth-order valence-corrected chi connectivity index (χ4v) is 4.81. The van der Waals surface area contributed by atoms with E-state index in [1.807, 2.05) is 0 Å². The van der Waals surface area contributed by atoms with Gasteiger partial charge in [0.1, 0.15) is 22.8 Å². The second-order valence-corrected chi connectivity index (χ2v) is 8.08. The van der Waals surface area contributed by atoms with E-state index < -0.39 is 22.8 Å². The third-order valence-corrected chi connectivity index (χ3v) is 6.60. The van der Waals surface area contributed by atoms with Crippen LogP contribution >= 0.6 is 23.4 Å². The van der Waals surface area contributed by atoms with E-state index in [1.54, 1.807) is 4.57 Å². The Balaban J connectivity index is 1.70. The molecular weight excluding hydrogens is 380 g/mol. The van der Waals surface area contributed by atoms with Gasteiger partial charge in [-0.2, -0.15) is 9.97 Å². The number of rotatable bonds is 4. The Morgan fingerprint density at radius 1 is 1.35 bits per heavy atom. The number of aromatic nitrogens is 4. The standard InChI is InChI=1S/C15H19ClN6O3S/c1-17-13(25)10-8(23)9(24)14(26-10)22-5-18-7-11(19-6-3-2-4-6)20-15(16)21-12(7)22/h5-6,8-10,14,23-24H,2-4H2,1H3,(H,17,25)(H,19,20,21)/t8?,9?,10-,14+/m0/s1. The van der Waals surface area contributed by atoms with Gasteiger partial charge in [0, 0.05) is 13.1 Å². The monoisotopic (exact) mass is 398 g/mol. The minimum atomic E-state index is -1.19. The van der Waals surface area contributed by atoms with E-state index in [1.165, 1.54) is 19.8 Å². The summed E-state index contributed by atoms with van der Waals surface area (Å²) in [4.78, 5) is 24.8. The first-order valence-electron chi connectivity index (χ1n) is 8.39. The van der Waals surface area contributed by atoms with Crippen LogP contribution in [0, 0.1) is 0 Å². The van der Waals surface area contributed by atoms with Gasteiger partial charge in [-0.05, 0) is 30.9 Å². The summed E-state index contributed by atoms with van der Waals surface area (Å²) in [5, 5.41) is 25.2. The van der Waals surface area contributed by atoms with E-state index in [2.05, 4.69) is 25.6 Å². The van der Waals surface area contributed by atoms with Crippen molar-refractivity contribution >= 4 is 46.3 Å². The molecule has 2 aromatic rings. The van der Waals surface area contributed by atoms with Gasteiger partial charge >= 0.3 is 0 Å². The molecule has 2 aromatic heterocycles. The van der Waals surface area contributed by atoms with Gasteiger partial charge in [-0.3, -0.25) is 9.36 Å². The average Bonchev–Trinajstić information content (AvgIpc) is 3.12. The number of thioether (sulfide) groups is 1. The molecule has 4 rings (SSSR count). The number of nitrogens with one attached hydrogen (secondary N) is 2. The smallest absolute Gasteiger partial charge is 0.235 e. The second kappa shape index (κ2) is 6.84. The van der Waals surface area contributed by atoms with Crippen LogP contribution in [0.25, 0.3) is 11.2 Å². The Bertz CT molecular complexity index is 844. The third kappa shape index (κ3) is 2.90. The van der Waals surface area contributed by atoms with Crippen molar-refractivity contribution in [3.8, 4) is 0 Å². The second-order valence-electron chi connectivity index (χ2n) is 6.48. The molecular formula is C15H19ClN6O3S.